The monoisotopic (exact) mass is 402 g/mol. The summed E-state index contributed by atoms with van der Waals surface area (Å²) in [6.07, 6.45) is 1.36. The van der Waals surface area contributed by atoms with Crippen molar-refractivity contribution >= 4 is 22.6 Å². The van der Waals surface area contributed by atoms with E-state index in [9.17, 15) is 5.11 Å². The van der Waals surface area contributed by atoms with Gasteiger partial charge in [0.25, 0.3) is 5.89 Å². The molecule has 7 heteroatoms. The highest BCUT2D eigenvalue weighted by Gasteiger charge is 2.39. The van der Waals surface area contributed by atoms with Crippen molar-refractivity contribution in [1.29, 1.82) is 0 Å². The maximum absolute atomic E-state index is 9.95. The number of ether oxygens (including phenoxy) is 2. The molecule has 3 rings (SSSR count). The number of benzene rings is 1. The van der Waals surface area contributed by atoms with Gasteiger partial charge in [0.05, 0.1) is 5.56 Å². The lowest BCUT2D eigenvalue weighted by atomic mass is 9.93. The number of hydrogen-bond donors (Lipinski definition) is 1. The van der Waals surface area contributed by atoms with Gasteiger partial charge in [-0.2, -0.15) is 4.98 Å². The van der Waals surface area contributed by atoms with E-state index in [2.05, 4.69) is 32.7 Å². The average Bonchev–Trinajstić information content (AvgIpc) is 3.00. The fraction of sp³-hybridized carbons (Fsp3) is 0.429. The van der Waals surface area contributed by atoms with Gasteiger partial charge in [0.15, 0.2) is 0 Å². The van der Waals surface area contributed by atoms with Crippen LogP contribution in [0.2, 0.25) is 0 Å². The van der Waals surface area contributed by atoms with Crippen molar-refractivity contribution < 1.29 is 19.1 Å². The predicted molar refractivity (Wildman–Crippen MR) is 82.9 cm³/mol. The lowest BCUT2D eigenvalue weighted by Gasteiger charge is -2.32. The molecule has 0 radical (unpaired) electrons. The highest BCUT2D eigenvalue weighted by molar-refractivity contribution is 14.1. The van der Waals surface area contributed by atoms with Gasteiger partial charge < -0.3 is 19.1 Å². The second kappa shape index (κ2) is 5.90. The van der Waals surface area contributed by atoms with Gasteiger partial charge in [0.1, 0.15) is 11.4 Å². The zero-order valence-corrected chi connectivity index (χ0v) is 13.7. The smallest absolute Gasteiger partial charge is 0.261 e. The standard InChI is InChI=1S/C14H15IN2O4/c1-19-14(4-6-20-7-5-14)13-16-12(21-17-13)10-8-9(15)2-3-11(10)18/h2-3,8,18H,4-7H2,1H3. The van der Waals surface area contributed by atoms with E-state index in [1.165, 1.54) is 0 Å². The summed E-state index contributed by atoms with van der Waals surface area (Å²) in [5.41, 5.74) is -0.0451. The molecule has 0 spiro atoms. The van der Waals surface area contributed by atoms with E-state index in [-0.39, 0.29) is 5.75 Å². The number of rotatable bonds is 3. The number of aromatic nitrogens is 2. The van der Waals surface area contributed by atoms with Gasteiger partial charge in [0, 0.05) is 36.7 Å². The quantitative estimate of drug-likeness (QED) is 0.796. The number of hydrogen-bond acceptors (Lipinski definition) is 6. The van der Waals surface area contributed by atoms with Crippen LogP contribution < -0.4 is 0 Å². The molecule has 1 fully saturated rings. The maximum atomic E-state index is 9.95. The van der Waals surface area contributed by atoms with Gasteiger partial charge in [0.2, 0.25) is 5.82 Å². The molecule has 0 aliphatic carbocycles. The molecule has 0 bridgehead atoms. The van der Waals surface area contributed by atoms with Gasteiger partial charge in [-0.05, 0) is 40.8 Å². The van der Waals surface area contributed by atoms with Gasteiger partial charge in [-0.15, -0.1) is 0 Å². The molecule has 2 heterocycles. The highest BCUT2D eigenvalue weighted by atomic mass is 127. The normalized spacial score (nSPS) is 17.8. The minimum atomic E-state index is -0.572. The molecule has 1 aromatic carbocycles. The Labute approximate surface area is 135 Å². The summed E-state index contributed by atoms with van der Waals surface area (Å²) in [7, 11) is 1.64. The van der Waals surface area contributed by atoms with Gasteiger partial charge in [-0.1, -0.05) is 5.16 Å². The minimum Gasteiger partial charge on any atom is -0.507 e. The van der Waals surface area contributed by atoms with Crippen molar-refractivity contribution in [3.8, 4) is 17.2 Å². The van der Waals surface area contributed by atoms with Crippen molar-refractivity contribution in [1.82, 2.24) is 10.1 Å². The van der Waals surface area contributed by atoms with E-state index in [1.54, 1.807) is 19.2 Å². The van der Waals surface area contributed by atoms with Crippen LogP contribution in [-0.4, -0.2) is 35.6 Å². The number of phenols is 1. The van der Waals surface area contributed by atoms with Crippen LogP contribution in [0.3, 0.4) is 0 Å². The molecule has 1 aliphatic rings. The predicted octanol–water partition coefficient (Wildman–Crippen LogP) is 2.70. The first-order valence-corrected chi connectivity index (χ1v) is 7.68. The molecule has 2 aromatic rings. The van der Waals surface area contributed by atoms with Crippen LogP contribution in [0.1, 0.15) is 18.7 Å². The van der Waals surface area contributed by atoms with Crippen molar-refractivity contribution in [2.75, 3.05) is 20.3 Å². The molecule has 1 aromatic heterocycles. The molecular weight excluding hydrogens is 387 g/mol. The van der Waals surface area contributed by atoms with Crippen molar-refractivity contribution in [3.63, 3.8) is 0 Å². The summed E-state index contributed by atoms with van der Waals surface area (Å²) >= 11 is 2.17. The second-order valence-electron chi connectivity index (χ2n) is 4.90. The zero-order chi connectivity index (χ0) is 14.9. The van der Waals surface area contributed by atoms with Crippen molar-refractivity contribution in [2.45, 2.75) is 18.4 Å². The van der Waals surface area contributed by atoms with Crippen LogP contribution in [0.25, 0.3) is 11.5 Å². The van der Waals surface area contributed by atoms with Crippen LogP contribution >= 0.6 is 22.6 Å². The van der Waals surface area contributed by atoms with E-state index in [0.29, 0.717) is 43.3 Å². The molecule has 1 N–H and O–H groups in total. The summed E-state index contributed by atoms with van der Waals surface area (Å²) in [6, 6.07) is 5.23. The summed E-state index contributed by atoms with van der Waals surface area (Å²) in [5.74, 6) is 0.912. The SMILES string of the molecule is COC1(c2noc(-c3cc(I)ccc3O)n2)CCOCC1. The third kappa shape index (κ3) is 2.77. The molecule has 1 aliphatic heterocycles. The summed E-state index contributed by atoms with van der Waals surface area (Å²) < 4.78 is 17.3. The van der Waals surface area contributed by atoms with Crippen molar-refractivity contribution in [3.05, 3.63) is 27.6 Å². The van der Waals surface area contributed by atoms with E-state index in [0.717, 1.165) is 3.57 Å². The number of phenolic OH excluding ortho intramolecular Hbond substituents is 1. The van der Waals surface area contributed by atoms with Gasteiger partial charge in [-0.25, -0.2) is 0 Å². The number of nitrogens with zero attached hydrogens (tertiary/aromatic N) is 2. The molecule has 0 atom stereocenters. The van der Waals surface area contributed by atoms with Crippen LogP contribution in [0.15, 0.2) is 22.7 Å². The van der Waals surface area contributed by atoms with E-state index >= 15 is 0 Å². The van der Waals surface area contributed by atoms with Gasteiger partial charge >= 0.3 is 0 Å². The Hall–Kier alpha value is -1.19. The topological polar surface area (TPSA) is 77.6 Å². The van der Waals surface area contributed by atoms with Crippen LogP contribution in [-0.2, 0) is 15.1 Å². The highest BCUT2D eigenvalue weighted by Crippen LogP contribution is 2.36. The number of methoxy groups -OCH3 is 1. The maximum Gasteiger partial charge on any atom is 0.261 e. The lowest BCUT2D eigenvalue weighted by molar-refractivity contribution is -0.101. The van der Waals surface area contributed by atoms with Gasteiger partial charge in [-0.3, -0.25) is 0 Å². The van der Waals surface area contributed by atoms with Crippen LogP contribution in [0.5, 0.6) is 5.75 Å². The second-order valence-corrected chi connectivity index (χ2v) is 6.14. The first-order chi connectivity index (χ1) is 10.1. The molecule has 6 nitrogen and oxygen atoms in total. The van der Waals surface area contributed by atoms with E-state index in [1.807, 2.05) is 6.07 Å². The summed E-state index contributed by atoms with van der Waals surface area (Å²) in [5, 5.41) is 14.0. The minimum absolute atomic E-state index is 0.115. The Morgan fingerprint density at radius 3 is 2.81 bits per heavy atom. The van der Waals surface area contributed by atoms with Crippen LogP contribution in [0.4, 0.5) is 0 Å². The summed E-state index contributed by atoms with van der Waals surface area (Å²) in [6.45, 7) is 1.21. The van der Waals surface area contributed by atoms with E-state index < -0.39 is 5.60 Å². The van der Waals surface area contributed by atoms with Crippen LogP contribution in [0, 0.1) is 3.57 Å². The average molecular weight is 402 g/mol. The van der Waals surface area contributed by atoms with E-state index in [4.69, 9.17) is 14.0 Å². The number of aromatic hydroxyl groups is 1. The first kappa shape index (κ1) is 14.7. The Bertz CT molecular complexity index is 638. The Morgan fingerprint density at radius 2 is 2.10 bits per heavy atom. The number of halogens is 1. The Kier molecular flexibility index (Phi) is 4.14. The van der Waals surface area contributed by atoms with Crippen molar-refractivity contribution in [2.24, 2.45) is 0 Å². The molecular formula is C14H15IN2O4. The Morgan fingerprint density at radius 1 is 1.33 bits per heavy atom. The molecule has 112 valence electrons. The zero-order valence-electron chi connectivity index (χ0n) is 11.5. The lowest BCUT2D eigenvalue weighted by Crippen LogP contribution is -2.36. The molecule has 0 amide bonds. The third-order valence-electron chi connectivity index (χ3n) is 3.71. The Balaban J connectivity index is 1.97. The first-order valence-electron chi connectivity index (χ1n) is 6.60. The third-order valence-corrected chi connectivity index (χ3v) is 4.38. The fourth-order valence-electron chi connectivity index (χ4n) is 2.42. The fourth-order valence-corrected chi connectivity index (χ4v) is 2.91. The largest absolute Gasteiger partial charge is 0.507 e. The molecule has 0 unspecified atom stereocenters. The molecule has 0 saturated carbocycles. The molecule has 1 saturated heterocycles. The summed E-state index contributed by atoms with van der Waals surface area (Å²) in [4.78, 5) is 4.43. The molecule has 21 heavy (non-hydrogen) atoms.